The van der Waals surface area contributed by atoms with Crippen LogP contribution < -0.4 is 10.2 Å². The van der Waals surface area contributed by atoms with Gasteiger partial charge in [0.2, 0.25) is 0 Å². The molecule has 0 amide bonds. The summed E-state index contributed by atoms with van der Waals surface area (Å²) in [6.07, 6.45) is 0.816. The van der Waals surface area contributed by atoms with Gasteiger partial charge in [-0.15, -0.1) is 0 Å². The van der Waals surface area contributed by atoms with E-state index < -0.39 is 0 Å². The number of nitrogens with one attached hydrogen (secondary N) is 1. The van der Waals surface area contributed by atoms with Gasteiger partial charge in [0.15, 0.2) is 0 Å². The van der Waals surface area contributed by atoms with Gasteiger partial charge in [-0.25, -0.2) is 0 Å². The van der Waals surface area contributed by atoms with Crippen molar-refractivity contribution >= 4 is 21.6 Å². The molecule has 4 heteroatoms. The molecule has 18 heavy (non-hydrogen) atoms. The first-order valence-corrected chi connectivity index (χ1v) is 7.27. The van der Waals surface area contributed by atoms with Crippen molar-refractivity contribution in [2.24, 2.45) is 0 Å². The lowest BCUT2D eigenvalue weighted by molar-refractivity contribution is 0.250. The van der Waals surface area contributed by atoms with Crippen molar-refractivity contribution < 1.29 is 5.11 Å². The summed E-state index contributed by atoms with van der Waals surface area (Å²) in [5, 5.41) is 12.6. The largest absolute Gasteiger partial charge is 0.396 e. The van der Waals surface area contributed by atoms with E-state index in [0.29, 0.717) is 12.1 Å². The van der Waals surface area contributed by atoms with Crippen LogP contribution in [0.5, 0.6) is 0 Å². The zero-order valence-electron chi connectivity index (χ0n) is 11.0. The van der Waals surface area contributed by atoms with Gasteiger partial charge in [0.25, 0.3) is 0 Å². The number of hydrogen-bond acceptors (Lipinski definition) is 3. The topological polar surface area (TPSA) is 35.5 Å². The Labute approximate surface area is 117 Å². The summed E-state index contributed by atoms with van der Waals surface area (Å²) >= 11 is 3.50. The number of aliphatic hydroxyl groups excluding tert-OH is 1. The molecular formula is C14H21BrN2O. The minimum atomic E-state index is 0.248. The third kappa shape index (κ3) is 3.25. The van der Waals surface area contributed by atoms with Crippen LogP contribution in [0.25, 0.3) is 0 Å². The number of aryl methyl sites for hydroxylation is 1. The standard InChI is InChI=1S/C14H21BrN2O/c1-10-7-12(15)3-4-14(10)17-8-11(2)16-13(9-17)5-6-18/h3-4,7,11,13,16,18H,5-6,8-9H2,1-2H3. The van der Waals surface area contributed by atoms with Crippen molar-refractivity contribution in [1.82, 2.24) is 5.32 Å². The van der Waals surface area contributed by atoms with Crippen molar-refractivity contribution in [2.75, 3.05) is 24.6 Å². The summed E-state index contributed by atoms with van der Waals surface area (Å²) in [6, 6.07) is 7.26. The highest BCUT2D eigenvalue weighted by Gasteiger charge is 2.24. The maximum atomic E-state index is 9.09. The molecule has 3 nitrogen and oxygen atoms in total. The highest BCUT2D eigenvalue weighted by molar-refractivity contribution is 9.10. The van der Waals surface area contributed by atoms with E-state index in [1.165, 1.54) is 11.3 Å². The Morgan fingerprint density at radius 3 is 2.89 bits per heavy atom. The molecule has 1 saturated heterocycles. The second-order valence-electron chi connectivity index (χ2n) is 5.11. The lowest BCUT2D eigenvalue weighted by Gasteiger charge is -2.39. The summed E-state index contributed by atoms with van der Waals surface area (Å²) in [7, 11) is 0. The maximum Gasteiger partial charge on any atom is 0.0446 e. The molecule has 0 radical (unpaired) electrons. The van der Waals surface area contributed by atoms with Crippen LogP contribution in [0.3, 0.4) is 0 Å². The lowest BCUT2D eigenvalue weighted by atomic mass is 10.1. The predicted molar refractivity (Wildman–Crippen MR) is 79.2 cm³/mol. The number of anilines is 1. The van der Waals surface area contributed by atoms with Gasteiger partial charge in [-0.2, -0.15) is 0 Å². The number of benzene rings is 1. The number of nitrogens with zero attached hydrogens (tertiary/aromatic N) is 1. The van der Waals surface area contributed by atoms with Crippen molar-refractivity contribution in [2.45, 2.75) is 32.4 Å². The quantitative estimate of drug-likeness (QED) is 0.899. The smallest absolute Gasteiger partial charge is 0.0446 e. The van der Waals surface area contributed by atoms with E-state index in [1.807, 2.05) is 0 Å². The van der Waals surface area contributed by atoms with Gasteiger partial charge in [-0.1, -0.05) is 15.9 Å². The SMILES string of the molecule is Cc1cc(Br)ccc1N1CC(C)NC(CCO)C1. The molecular weight excluding hydrogens is 292 g/mol. The second-order valence-corrected chi connectivity index (χ2v) is 6.03. The van der Waals surface area contributed by atoms with Crippen molar-refractivity contribution in [3.05, 3.63) is 28.2 Å². The summed E-state index contributed by atoms with van der Waals surface area (Å²) in [5.41, 5.74) is 2.59. The van der Waals surface area contributed by atoms with Gasteiger partial charge < -0.3 is 15.3 Å². The molecule has 1 aromatic carbocycles. The molecule has 1 aliphatic rings. The second kappa shape index (κ2) is 6.04. The lowest BCUT2D eigenvalue weighted by Crippen LogP contribution is -2.56. The van der Waals surface area contributed by atoms with E-state index in [1.54, 1.807) is 0 Å². The summed E-state index contributed by atoms with van der Waals surface area (Å²) in [5.74, 6) is 0. The van der Waals surface area contributed by atoms with Crippen LogP contribution in [-0.4, -0.2) is 36.9 Å². The van der Waals surface area contributed by atoms with Crippen LogP contribution in [0.1, 0.15) is 18.9 Å². The molecule has 0 saturated carbocycles. The molecule has 2 rings (SSSR count). The monoisotopic (exact) mass is 312 g/mol. The Kier molecular flexibility index (Phi) is 4.65. The Morgan fingerprint density at radius 1 is 1.44 bits per heavy atom. The van der Waals surface area contributed by atoms with E-state index in [2.05, 4.69) is 58.2 Å². The molecule has 1 aromatic rings. The van der Waals surface area contributed by atoms with E-state index in [4.69, 9.17) is 5.11 Å². The van der Waals surface area contributed by atoms with Crippen molar-refractivity contribution in [3.63, 3.8) is 0 Å². The fraction of sp³-hybridized carbons (Fsp3) is 0.571. The molecule has 0 aromatic heterocycles. The van der Waals surface area contributed by atoms with E-state index >= 15 is 0 Å². The van der Waals surface area contributed by atoms with Crippen LogP contribution in [-0.2, 0) is 0 Å². The van der Waals surface area contributed by atoms with E-state index in [0.717, 1.165) is 24.0 Å². The average Bonchev–Trinajstić information content (AvgIpc) is 2.28. The zero-order chi connectivity index (χ0) is 13.1. The number of halogens is 1. The highest BCUT2D eigenvalue weighted by atomic mass is 79.9. The fourth-order valence-electron chi connectivity index (χ4n) is 2.68. The van der Waals surface area contributed by atoms with Crippen molar-refractivity contribution in [1.29, 1.82) is 0 Å². The number of aliphatic hydroxyl groups is 1. The number of hydrogen-bond donors (Lipinski definition) is 2. The van der Waals surface area contributed by atoms with Gasteiger partial charge in [0.1, 0.15) is 0 Å². The third-order valence-electron chi connectivity index (χ3n) is 3.43. The van der Waals surface area contributed by atoms with Gasteiger partial charge in [0.05, 0.1) is 0 Å². The molecule has 1 heterocycles. The average molecular weight is 313 g/mol. The molecule has 0 aliphatic carbocycles. The molecule has 2 unspecified atom stereocenters. The molecule has 0 bridgehead atoms. The van der Waals surface area contributed by atoms with Crippen LogP contribution in [0.15, 0.2) is 22.7 Å². The molecule has 100 valence electrons. The highest BCUT2D eigenvalue weighted by Crippen LogP contribution is 2.25. The Bertz CT molecular complexity index is 411. The first-order valence-electron chi connectivity index (χ1n) is 6.48. The Morgan fingerprint density at radius 2 is 2.22 bits per heavy atom. The van der Waals surface area contributed by atoms with Gasteiger partial charge >= 0.3 is 0 Å². The van der Waals surface area contributed by atoms with Crippen LogP contribution in [0.2, 0.25) is 0 Å². The minimum absolute atomic E-state index is 0.248. The molecule has 2 N–H and O–H groups in total. The van der Waals surface area contributed by atoms with Gasteiger partial charge in [0, 0.05) is 41.9 Å². The number of rotatable bonds is 3. The molecule has 0 spiro atoms. The van der Waals surface area contributed by atoms with Gasteiger partial charge in [-0.3, -0.25) is 0 Å². The fourth-order valence-corrected chi connectivity index (χ4v) is 3.16. The first kappa shape index (κ1) is 13.8. The molecule has 2 atom stereocenters. The number of piperazine rings is 1. The van der Waals surface area contributed by atoms with Crippen molar-refractivity contribution in [3.8, 4) is 0 Å². The van der Waals surface area contributed by atoms with Crippen LogP contribution in [0, 0.1) is 6.92 Å². The summed E-state index contributed by atoms with van der Waals surface area (Å²) < 4.78 is 1.12. The third-order valence-corrected chi connectivity index (χ3v) is 3.93. The van der Waals surface area contributed by atoms with E-state index in [-0.39, 0.29) is 6.61 Å². The summed E-state index contributed by atoms with van der Waals surface area (Å²) in [4.78, 5) is 2.42. The van der Waals surface area contributed by atoms with E-state index in [9.17, 15) is 0 Å². The Hall–Kier alpha value is -0.580. The van der Waals surface area contributed by atoms with Gasteiger partial charge in [-0.05, 0) is 44.0 Å². The van der Waals surface area contributed by atoms with Crippen LogP contribution >= 0.6 is 15.9 Å². The molecule has 1 fully saturated rings. The molecule has 1 aliphatic heterocycles. The summed E-state index contributed by atoms with van der Waals surface area (Å²) in [6.45, 7) is 6.58. The zero-order valence-corrected chi connectivity index (χ0v) is 12.6. The Balaban J connectivity index is 2.16. The normalized spacial score (nSPS) is 24.3. The minimum Gasteiger partial charge on any atom is -0.396 e. The first-order chi connectivity index (χ1) is 8.60. The van der Waals surface area contributed by atoms with Crippen LogP contribution in [0.4, 0.5) is 5.69 Å². The maximum absolute atomic E-state index is 9.09. The predicted octanol–water partition coefficient (Wildman–Crippen LogP) is 2.31.